The monoisotopic (exact) mass is 204 g/mol. The number of allylic oxidation sites excluding steroid dienone is 1. The first-order chi connectivity index (χ1) is 6.56. The maximum absolute atomic E-state index is 9.10. The SMILES string of the molecule is CCCCC=CNN.O=C(O)C(=O)O. The zero-order valence-corrected chi connectivity index (χ0v) is 8.06. The molecule has 0 aromatic heterocycles. The molecule has 0 aliphatic rings. The fourth-order valence-electron chi connectivity index (χ4n) is 0.473. The number of carbonyl (C=O) groups is 2. The Kier molecular flexibility index (Phi) is 12.2. The Balaban J connectivity index is 0. The van der Waals surface area contributed by atoms with E-state index in [1.54, 1.807) is 6.20 Å². The highest BCUT2D eigenvalue weighted by molar-refractivity contribution is 6.27. The molecule has 0 aliphatic carbocycles. The summed E-state index contributed by atoms with van der Waals surface area (Å²) in [5.74, 6) is 1.33. The average Bonchev–Trinajstić information content (AvgIpc) is 2.13. The van der Waals surface area contributed by atoms with E-state index in [1.807, 2.05) is 6.08 Å². The molecule has 5 N–H and O–H groups in total. The number of carboxylic acids is 2. The Morgan fingerprint density at radius 3 is 2.14 bits per heavy atom. The fraction of sp³-hybridized carbons (Fsp3) is 0.500. The van der Waals surface area contributed by atoms with Gasteiger partial charge < -0.3 is 15.6 Å². The first-order valence-electron chi connectivity index (χ1n) is 4.13. The Labute approximate surface area is 82.4 Å². The van der Waals surface area contributed by atoms with Gasteiger partial charge >= 0.3 is 11.9 Å². The normalized spacial score (nSPS) is 9.00. The van der Waals surface area contributed by atoms with Gasteiger partial charge in [-0.3, -0.25) is 5.84 Å². The zero-order chi connectivity index (χ0) is 11.4. The van der Waals surface area contributed by atoms with E-state index >= 15 is 0 Å². The van der Waals surface area contributed by atoms with Crippen LogP contribution in [-0.2, 0) is 9.59 Å². The van der Waals surface area contributed by atoms with E-state index in [0.29, 0.717) is 0 Å². The number of hydrazine groups is 1. The predicted octanol–water partition coefficient (Wildman–Crippen LogP) is 0.309. The third kappa shape index (κ3) is 16.8. The van der Waals surface area contributed by atoms with Gasteiger partial charge in [0.25, 0.3) is 0 Å². The van der Waals surface area contributed by atoms with Gasteiger partial charge in [0.05, 0.1) is 0 Å². The number of nitrogens with one attached hydrogen (secondary N) is 1. The van der Waals surface area contributed by atoms with E-state index < -0.39 is 11.9 Å². The number of nitrogens with two attached hydrogens (primary N) is 1. The highest BCUT2D eigenvalue weighted by Gasteiger charge is 2.04. The molecule has 14 heavy (non-hydrogen) atoms. The van der Waals surface area contributed by atoms with Crippen LogP contribution in [0, 0.1) is 0 Å². The van der Waals surface area contributed by atoms with Gasteiger partial charge in [-0.2, -0.15) is 0 Å². The summed E-state index contributed by atoms with van der Waals surface area (Å²) in [5.41, 5.74) is 2.45. The molecule has 6 heteroatoms. The number of rotatable bonds is 4. The molecule has 0 aliphatic heterocycles. The Morgan fingerprint density at radius 1 is 1.36 bits per heavy atom. The Morgan fingerprint density at radius 2 is 1.86 bits per heavy atom. The smallest absolute Gasteiger partial charge is 0.414 e. The minimum atomic E-state index is -1.82. The van der Waals surface area contributed by atoms with Crippen LogP contribution >= 0.6 is 0 Å². The second-order valence-corrected chi connectivity index (χ2v) is 2.32. The van der Waals surface area contributed by atoms with Gasteiger partial charge in [0.15, 0.2) is 0 Å². The molecule has 0 amide bonds. The van der Waals surface area contributed by atoms with Crippen LogP contribution in [0.15, 0.2) is 12.3 Å². The largest absolute Gasteiger partial charge is 0.473 e. The Bertz CT molecular complexity index is 180. The van der Waals surface area contributed by atoms with Gasteiger partial charge in [-0.25, -0.2) is 9.59 Å². The van der Waals surface area contributed by atoms with Gasteiger partial charge in [0.2, 0.25) is 0 Å². The second-order valence-electron chi connectivity index (χ2n) is 2.32. The van der Waals surface area contributed by atoms with Crippen molar-refractivity contribution in [3.63, 3.8) is 0 Å². The molecular weight excluding hydrogens is 188 g/mol. The summed E-state index contributed by atoms with van der Waals surface area (Å²) < 4.78 is 0. The van der Waals surface area contributed by atoms with Crippen LogP contribution in [-0.4, -0.2) is 22.2 Å². The van der Waals surface area contributed by atoms with Crippen molar-refractivity contribution in [2.24, 2.45) is 5.84 Å². The van der Waals surface area contributed by atoms with Gasteiger partial charge in [-0.1, -0.05) is 25.8 Å². The number of hydrogen-bond donors (Lipinski definition) is 4. The lowest BCUT2D eigenvalue weighted by molar-refractivity contribution is -0.159. The van der Waals surface area contributed by atoms with Crippen molar-refractivity contribution in [2.75, 3.05) is 0 Å². The van der Waals surface area contributed by atoms with Crippen molar-refractivity contribution in [1.82, 2.24) is 5.43 Å². The summed E-state index contributed by atoms with van der Waals surface area (Å²) in [6, 6.07) is 0. The third-order valence-corrected chi connectivity index (χ3v) is 1.12. The molecule has 0 rings (SSSR count). The first kappa shape index (κ1) is 14.9. The number of unbranched alkanes of at least 4 members (excludes halogenated alkanes) is 2. The van der Waals surface area contributed by atoms with E-state index in [4.69, 9.17) is 25.6 Å². The maximum Gasteiger partial charge on any atom is 0.414 e. The number of hydrogen-bond acceptors (Lipinski definition) is 4. The van der Waals surface area contributed by atoms with Crippen molar-refractivity contribution < 1.29 is 19.8 Å². The van der Waals surface area contributed by atoms with Crippen molar-refractivity contribution >= 4 is 11.9 Å². The maximum atomic E-state index is 9.10. The standard InChI is InChI=1S/C6H14N2.C2H2O4/c1-2-3-4-5-6-8-7;3-1(4)2(5)6/h5-6,8H,2-4,7H2,1H3;(H,3,4)(H,5,6). The molecule has 0 heterocycles. The molecule has 0 unspecified atom stereocenters. The molecular formula is C8H16N2O4. The van der Waals surface area contributed by atoms with Gasteiger partial charge in [0.1, 0.15) is 0 Å². The molecule has 0 saturated carbocycles. The van der Waals surface area contributed by atoms with Crippen LogP contribution < -0.4 is 11.3 Å². The number of aliphatic carboxylic acids is 2. The van der Waals surface area contributed by atoms with E-state index in [-0.39, 0.29) is 0 Å². The van der Waals surface area contributed by atoms with E-state index in [9.17, 15) is 0 Å². The lowest BCUT2D eigenvalue weighted by atomic mass is 10.2. The molecule has 82 valence electrons. The quantitative estimate of drug-likeness (QED) is 0.227. The van der Waals surface area contributed by atoms with Crippen LogP contribution in [0.3, 0.4) is 0 Å². The second kappa shape index (κ2) is 11.4. The van der Waals surface area contributed by atoms with Crippen LogP contribution in [0.5, 0.6) is 0 Å². The summed E-state index contributed by atoms with van der Waals surface area (Å²) in [7, 11) is 0. The molecule has 6 nitrogen and oxygen atoms in total. The molecule has 0 fully saturated rings. The van der Waals surface area contributed by atoms with Crippen LogP contribution in [0.2, 0.25) is 0 Å². The molecule has 0 saturated heterocycles. The minimum Gasteiger partial charge on any atom is -0.473 e. The van der Waals surface area contributed by atoms with Crippen molar-refractivity contribution in [3.05, 3.63) is 12.3 Å². The summed E-state index contributed by atoms with van der Waals surface area (Å²) in [5, 5.41) is 14.8. The van der Waals surface area contributed by atoms with E-state index in [1.165, 1.54) is 12.8 Å². The van der Waals surface area contributed by atoms with Crippen LogP contribution in [0.1, 0.15) is 26.2 Å². The highest BCUT2D eigenvalue weighted by Crippen LogP contribution is 1.92. The van der Waals surface area contributed by atoms with Crippen molar-refractivity contribution in [1.29, 1.82) is 0 Å². The average molecular weight is 204 g/mol. The fourth-order valence-corrected chi connectivity index (χ4v) is 0.473. The molecule has 0 aromatic carbocycles. The first-order valence-corrected chi connectivity index (χ1v) is 4.13. The number of carboxylic acid groups (broad SMARTS) is 2. The van der Waals surface area contributed by atoms with E-state index in [2.05, 4.69) is 12.3 Å². The zero-order valence-electron chi connectivity index (χ0n) is 8.06. The summed E-state index contributed by atoms with van der Waals surface area (Å²) in [6.45, 7) is 2.17. The molecule has 0 spiro atoms. The van der Waals surface area contributed by atoms with E-state index in [0.717, 1.165) is 6.42 Å². The van der Waals surface area contributed by atoms with Gasteiger partial charge in [-0.15, -0.1) is 0 Å². The summed E-state index contributed by atoms with van der Waals surface area (Å²) >= 11 is 0. The molecule has 0 aromatic rings. The van der Waals surface area contributed by atoms with Gasteiger partial charge in [0, 0.05) is 6.20 Å². The summed E-state index contributed by atoms with van der Waals surface area (Å²) in [6.07, 6.45) is 7.41. The van der Waals surface area contributed by atoms with Crippen LogP contribution in [0.25, 0.3) is 0 Å². The lowest BCUT2D eigenvalue weighted by Crippen LogP contribution is -2.12. The molecule has 0 radical (unpaired) electrons. The van der Waals surface area contributed by atoms with Crippen molar-refractivity contribution in [3.8, 4) is 0 Å². The third-order valence-electron chi connectivity index (χ3n) is 1.12. The minimum absolute atomic E-state index is 1.13. The molecule has 0 bridgehead atoms. The highest BCUT2D eigenvalue weighted by atomic mass is 16.4. The predicted molar refractivity (Wildman–Crippen MR) is 51.3 cm³/mol. The lowest BCUT2D eigenvalue weighted by Gasteiger charge is -1.87. The van der Waals surface area contributed by atoms with Crippen molar-refractivity contribution in [2.45, 2.75) is 26.2 Å². The van der Waals surface area contributed by atoms with Gasteiger partial charge in [-0.05, 0) is 6.42 Å². The van der Waals surface area contributed by atoms with Crippen LogP contribution in [0.4, 0.5) is 0 Å². The Hall–Kier alpha value is -1.56. The molecule has 0 atom stereocenters. The topological polar surface area (TPSA) is 113 Å². The summed E-state index contributed by atoms with van der Waals surface area (Å²) in [4.78, 5) is 18.2.